The number of nitrogens with zero attached hydrogens (tertiary/aromatic N) is 2. The lowest BCUT2D eigenvalue weighted by Gasteiger charge is -2.04. The van der Waals surface area contributed by atoms with Crippen LogP contribution in [-0.4, -0.2) is 17.3 Å². The molecular weight excluding hydrogens is 120 g/mol. The van der Waals surface area contributed by atoms with Crippen LogP contribution in [0.2, 0.25) is 0 Å². The molecule has 0 aliphatic carbocycles. The molecule has 0 fully saturated rings. The van der Waals surface area contributed by atoms with Crippen molar-refractivity contribution in [2.75, 3.05) is 0 Å². The maximum atomic E-state index is 4.21. The van der Waals surface area contributed by atoms with Gasteiger partial charge < -0.3 is 0 Å². The molecular formula is C5H8N2S. The van der Waals surface area contributed by atoms with E-state index in [9.17, 15) is 0 Å². The van der Waals surface area contributed by atoms with Gasteiger partial charge in [0.2, 0.25) is 0 Å². The van der Waals surface area contributed by atoms with Gasteiger partial charge in [-0.25, -0.2) is 4.40 Å². The average molecular weight is 128 g/mol. The van der Waals surface area contributed by atoms with Crippen molar-refractivity contribution in [3.8, 4) is 0 Å². The molecule has 1 heterocycles. The quantitative estimate of drug-likeness (QED) is 0.454. The monoisotopic (exact) mass is 128 g/mol. The number of hydrogen-bond donors (Lipinski definition) is 0. The zero-order chi connectivity index (χ0) is 5.98. The molecule has 1 aliphatic rings. The minimum absolute atomic E-state index is 0.288. The van der Waals surface area contributed by atoms with Gasteiger partial charge in [0, 0.05) is 18.2 Å². The maximum Gasteiger partial charge on any atom is 0.0880 e. The first-order valence-electron chi connectivity index (χ1n) is 2.54. The fourth-order valence-electron chi connectivity index (χ4n) is 0.538. The molecule has 0 saturated carbocycles. The number of hydrogen-bond acceptors (Lipinski definition) is 3. The second-order valence-corrected chi connectivity index (χ2v) is 2.72. The van der Waals surface area contributed by atoms with Crippen LogP contribution in [0.5, 0.6) is 0 Å². The lowest BCUT2D eigenvalue weighted by molar-refractivity contribution is 0.998. The molecule has 0 N–H and O–H groups in total. The molecule has 0 amide bonds. The summed E-state index contributed by atoms with van der Waals surface area (Å²) in [6.07, 6.45) is 1.84. The summed E-state index contributed by atoms with van der Waals surface area (Å²) in [6.45, 7) is 3.99. The zero-order valence-corrected chi connectivity index (χ0v) is 5.77. The molecule has 3 heteroatoms. The Morgan fingerprint density at radius 2 is 2.50 bits per heavy atom. The van der Waals surface area contributed by atoms with Crippen LogP contribution < -0.4 is 0 Å². The average Bonchev–Trinajstić information content (AvgIpc) is 1.64. The maximum absolute atomic E-state index is 4.21. The van der Waals surface area contributed by atoms with Crippen molar-refractivity contribution in [3.63, 3.8) is 0 Å². The van der Waals surface area contributed by atoms with Crippen LogP contribution in [0.15, 0.2) is 9.39 Å². The fraction of sp³-hybridized carbons (Fsp3) is 0.600. The van der Waals surface area contributed by atoms with E-state index in [2.05, 4.69) is 9.39 Å². The van der Waals surface area contributed by atoms with Crippen molar-refractivity contribution >= 4 is 23.2 Å². The topological polar surface area (TPSA) is 24.7 Å². The van der Waals surface area contributed by atoms with Gasteiger partial charge in [-0.2, -0.15) is 0 Å². The third-order valence-electron chi connectivity index (χ3n) is 0.847. The van der Waals surface area contributed by atoms with Crippen molar-refractivity contribution in [2.45, 2.75) is 19.9 Å². The lowest BCUT2D eigenvalue weighted by Crippen LogP contribution is -2.05. The van der Waals surface area contributed by atoms with E-state index in [1.54, 1.807) is 0 Å². The lowest BCUT2D eigenvalue weighted by atomic mass is 10.4. The molecule has 0 aromatic carbocycles. The van der Waals surface area contributed by atoms with Gasteiger partial charge in [0.15, 0.2) is 0 Å². The molecule has 0 aromatic heterocycles. The molecule has 0 radical (unpaired) electrons. The van der Waals surface area contributed by atoms with Crippen LogP contribution in [-0.2, 0) is 0 Å². The molecule has 0 bridgehead atoms. The van der Waals surface area contributed by atoms with Crippen LogP contribution in [0.25, 0.3) is 0 Å². The summed E-state index contributed by atoms with van der Waals surface area (Å²) in [7, 11) is 0. The molecule has 1 unspecified atom stereocenters. The Kier molecular flexibility index (Phi) is 1.68. The third kappa shape index (κ3) is 1.33. The Balaban J connectivity index is 2.60. The summed E-state index contributed by atoms with van der Waals surface area (Å²) >= 11 is 1.44. The Morgan fingerprint density at radius 3 is 2.88 bits per heavy atom. The van der Waals surface area contributed by atoms with Gasteiger partial charge in [0.25, 0.3) is 0 Å². The van der Waals surface area contributed by atoms with Gasteiger partial charge in [-0.1, -0.05) is 0 Å². The van der Waals surface area contributed by atoms with Gasteiger partial charge in [0.1, 0.15) is 0 Å². The van der Waals surface area contributed by atoms with E-state index in [0.717, 1.165) is 5.04 Å². The Labute approximate surface area is 53.2 Å². The summed E-state index contributed by atoms with van der Waals surface area (Å²) in [6, 6.07) is 0.288. The predicted octanol–water partition coefficient (Wildman–Crippen LogP) is 1.53. The zero-order valence-electron chi connectivity index (χ0n) is 4.96. The predicted molar refractivity (Wildman–Crippen MR) is 38.7 cm³/mol. The highest BCUT2D eigenvalue weighted by Gasteiger charge is 2.00. The van der Waals surface area contributed by atoms with Crippen molar-refractivity contribution in [3.05, 3.63) is 0 Å². The normalized spacial score (nSPS) is 27.8. The van der Waals surface area contributed by atoms with Crippen LogP contribution in [0.3, 0.4) is 0 Å². The van der Waals surface area contributed by atoms with E-state index in [0.29, 0.717) is 0 Å². The Bertz CT molecular complexity index is 139. The fourth-order valence-corrected chi connectivity index (χ4v) is 1.14. The summed E-state index contributed by atoms with van der Waals surface area (Å²) in [5, 5.41) is 1.06. The van der Waals surface area contributed by atoms with Crippen LogP contribution in [0.4, 0.5) is 0 Å². The van der Waals surface area contributed by atoms with Crippen molar-refractivity contribution < 1.29 is 0 Å². The Hall–Kier alpha value is -0.310. The van der Waals surface area contributed by atoms with E-state index in [1.807, 2.05) is 20.1 Å². The van der Waals surface area contributed by atoms with E-state index >= 15 is 0 Å². The van der Waals surface area contributed by atoms with Crippen LogP contribution >= 0.6 is 11.9 Å². The smallest absolute Gasteiger partial charge is 0.0880 e. The van der Waals surface area contributed by atoms with E-state index in [4.69, 9.17) is 0 Å². The summed E-state index contributed by atoms with van der Waals surface area (Å²) < 4.78 is 4.00. The van der Waals surface area contributed by atoms with E-state index < -0.39 is 0 Å². The number of rotatable bonds is 0. The van der Waals surface area contributed by atoms with Crippen LogP contribution in [0, 0.1) is 0 Å². The first-order chi connectivity index (χ1) is 3.79. The van der Waals surface area contributed by atoms with Gasteiger partial charge in [0.05, 0.1) is 11.1 Å². The second kappa shape index (κ2) is 2.31. The molecule has 1 rings (SSSR count). The van der Waals surface area contributed by atoms with Gasteiger partial charge >= 0.3 is 0 Å². The standard InChI is InChI=1S/C5H8N2S/c1-4-3-6-8-5(2)7-4/h3-4H,1-2H3. The summed E-state index contributed by atoms with van der Waals surface area (Å²) in [4.78, 5) is 4.21. The second-order valence-electron chi connectivity index (χ2n) is 1.73. The van der Waals surface area contributed by atoms with E-state index in [1.165, 1.54) is 11.9 Å². The van der Waals surface area contributed by atoms with Gasteiger partial charge in [-0.3, -0.25) is 4.99 Å². The molecule has 0 aromatic rings. The highest BCUT2D eigenvalue weighted by Crippen LogP contribution is 2.10. The van der Waals surface area contributed by atoms with Gasteiger partial charge in [-0.05, 0) is 13.8 Å². The molecule has 0 saturated heterocycles. The molecule has 0 spiro atoms. The molecule has 2 nitrogen and oxygen atoms in total. The highest BCUT2D eigenvalue weighted by atomic mass is 32.2. The molecule has 8 heavy (non-hydrogen) atoms. The minimum atomic E-state index is 0.288. The number of aliphatic imine (C=N–C) groups is 1. The first-order valence-corrected chi connectivity index (χ1v) is 3.31. The SMILES string of the molecule is CC1=NC(C)C=NS1. The van der Waals surface area contributed by atoms with Crippen molar-refractivity contribution in [2.24, 2.45) is 9.39 Å². The van der Waals surface area contributed by atoms with Crippen molar-refractivity contribution in [1.29, 1.82) is 0 Å². The van der Waals surface area contributed by atoms with Crippen molar-refractivity contribution in [1.82, 2.24) is 0 Å². The van der Waals surface area contributed by atoms with E-state index in [-0.39, 0.29) is 6.04 Å². The largest absolute Gasteiger partial charge is 0.273 e. The highest BCUT2D eigenvalue weighted by molar-refractivity contribution is 8.12. The third-order valence-corrected chi connectivity index (χ3v) is 1.44. The first kappa shape index (κ1) is 5.82. The van der Waals surface area contributed by atoms with Crippen LogP contribution in [0.1, 0.15) is 13.8 Å². The molecule has 1 atom stereocenters. The Morgan fingerprint density at radius 1 is 1.75 bits per heavy atom. The molecule has 1 aliphatic heterocycles. The minimum Gasteiger partial charge on any atom is -0.273 e. The summed E-state index contributed by atoms with van der Waals surface area (Å²) in [5.41, 5.74) is 0. The van der Waals surface area contributed by atoms with Gasteiger partial charge in [-0.15, -0.1) is 0 Å². The summed E-state index contributed by atoms with van der Waals surface area (Å²) in [5.74, 6) is 0. The molecule has 44 valence electrons.